The summed E-state index contributed by atoms with van der Waals surface area (Å²) in [6, 6.07) is 6.34. The molecule has 1 amide bonds. The molecule has 1 aromatic carbocycles. The number of thiophene rings is 1. The zero-order chi connectivity index (χ0) is 15.4. The van der Waals surface area contributed by atoms with Crippen LogP contribution in [0.2, 0.25) is 0 Å². The van der Waals surface area contributed by atoms with E-state index in [2.05, 4.69) is 17.2 Å². The number of halogens is 1. The van der Waals surface area contributed by atoms with Crippen LogP contribution in [-0.2, 0) is 0 Å². The van der Waals surface area contributed by atoms with Crippen molar-refractivity contribution >= 4 is 22.9 Å². The molecule has 0 spiro atoms. The summed E-state index contributed by atoms with van der Waals surface area (Å²) in [6.07, 6.45) is 0. The maximum Gasteiger partial charge on any atom is 0.265 e. The third-order valence-corrected chi connectivity index (χ3v) is 3.95. The van der Waals surface area contributed by atoms with Crippen molar-refractivity contribution in [1.29, 1.82) is 0 Å². The smallest absolute Gasteiger partial charge is 0.265 e. The lowest BCUT2D eigenvalue weighted by Gasteiger charge is -2.05. The van der Waals surface area contributed by atoms with Crippen molar-refractivity contribution < 1.29 is 14.3 Å². The standard InChI is InChI=1S/C16H14FNO2S/c1-10-5-6-13(12(17)8-10)18-16(20)15-9-11(2)14(21-15)4-3-7-19/h5-6,8-9,19H,7H2,1-2H3,(H,18,20). The molecule has 0 aliphatic heterocycles. The van der Waals surface area contributed by atoms with Crippen molar-refractivity contribution in [3.63, 3.8) is 0 Å². The largest absolute Gasteiger partial charge is 0.384 e. The summed E-state index contributed by atoms with van der Waals surface area (Å²) in [4.78, 5) is 13.3. The number of aliphatic hydroxyl groups excluding tert-OH is 1. The van der Waals surface area contributed by atoms with E-state index < -0.39 is 5.82 Å². The lowest BCUT2D eigenvalue weighted by Crippen LogP contribution is -2.11. The highest BCUT2D eigenvalue weighted by Crippen LogP contribution is 2.23. The van der Waals surface area contributed by atoms with E-state index in [1.807, 2.05) is 6.92 Å². The maximum atomic E-state index is 13.7. The molecular formula is C16H14FNO2S. The zero-order valence-corrected chi connectivity index (χ0v) is 12.5. The summed E-state index contributed by atoms with van der Waals surface area (Å²) in [5.41, 5.74) is 1.80. The lowest BCUT2D eigenvalue weighted by molar-refractivity contribution is 0.103. The van der Waals surface area contributed by atoms with Crippen LogP contribution in [0, 0.1) is 31.5 Å². The number of nitrogens with one attached hydrogen (secondary N) is 1. The number of aliphatic hydroxyl groups is 1. The normalized spacial score (nSPS) is 9.90. The van der Waals surface area contributed by atoms with E-state index in [0.29, 0.717) is 4.88 Å². The van der Waals surface area contributed by atoms with Gasteiger partial charge >= 0.3 is 0 Å². The van der Waals surface area contributed by atoms with Gasteiger partial charge in [0.15, 0.2) is 0 Å². The van der Waals surface area contributed by atoms with Crippen molar-refractivity contribution in [3.8, 4) is 11.8 Å². The second-order valence-corrected chi connectivity index (χ2v) is 5.57. The van der Waals surface area contributed by atoms with E-state index in [0.717, 1.165) is 16.0 Å². The Morgan fingerprint density at radius 1 is 1.38 bits per heavy atom. The first-order valence-corrected chi connectivity index (χ1v) is 7.10. The molecule has 108 valence electrons. The van der Waals surface area contributed by atoms with Crippen LogP contribution in [0.15, 0.2) is 24.3 Å². The number of carbonyl (C=O) groups is 1. The van der Waals surface area contributed by atoms with Gasteiger partial charge in [-0.2, -0.15) is 0 Å². The number of aryl methyl sites for hydroxylation is 2. The molecule has 0 saturated carbocycles. The highest BCUT2D eigenvalue weighted by Gasteiger charge is 2.13. The second-order valence-electron chi connectivity index (χ2n) is 4.52. The maximum absolute atomic E-state index is 13.7. The van der Waals surface area contributed by atoms with Crippen LogP contribution in [0.4, 0.5) is 10.1 Å². The van der Waals surface area contributed by atoms with Gasteiger partial charge in [0, 0.05) is 0 Å². The molecule has 0 saturated heterocycles. The summed E-state index contributed by atoms with van der Waals surface area (Å²) < 4.78 is 13.7. The first-order valence-electron chi connectivity index (χ1n) is 6.29. The average Bonchev–Trinajstić information content (AvgIpc) is 2.81. The van der Waals surface area contributed by atoms with E-state index in [1.54, 1.807) is 19.1 Å². The Morgan fingerprint density at radius 3 is 2.81 bits per heavy atom. The second kappa shape index (κ2) is 6.53. The molecule has 2 N–H and O–H groups in total. The predicted octanol–water partition coefficient (Wildman–Crippen LogP) is 3.10. The van der Waals surface area contributed by atoms with E-state index in [4.69, 9.17) is 5.11 Å². The molecule has 1 heterocycles. The van der Waals surface area contributed by atoms with Gasteiger partial charge in [0.25, 0.3) is 5.91 Å². The number of carbonyl (C=O) groups excluding carboxylic acids is 1. The average molecular weight is 303 g/mol. The Morgan fingerprint density at radius 2 is 2.14 bits per heavy atom. The molecule has 5 heteroatoms. The number of benzene rings is 1. The zero-order valence-electron chi connectivity index (χ0n) is 11.7. The highest BCUT2D eigenvalue weighted by atomic mass is 32.1. The minimum atomic E-state index is -0.461. The van der Waals surface area contributed by atoms with Crippen LogP contribution < -0.4 is 5.32 Å². The van der Waals surface area contributed by atoms with Crippen molar-refractivity contribution in [2.45, 2.75) is 13.8 Å². The monoisotopic (exact) mass is 303 g/mol. The molecule has 0 aliphatic carbocycles. The Hall–Kier alpha value is -2.16. The quantitative estimate of drug-likeness (QED) is 0.838. The summed E-state index contributed by atoms with van der Waals surface area (Å²) >= 11 is 1.22. The molecule has 3 nitrogen and oxygen atoms in total. The van der Waals surface area contributed by atoms with Crippen LogP contribution >= 0.6 is 11.3 Å². The molecule has 0 bridgehead atoms. The van der Waals surface area contributed by atoms with E-state index in [1.165, 1.54) is 23.5 Å². The fourth-order valence-corrected chi connectivity index (χ4v) is 2.69. The minimum Gasteiger partial charge on any atom is -0.384 e. The number of amides is 1. The summed E-state index contributed by atoms with van der Waals surface area (Å²) in [6.45, 7) is 3.39. The molecular weight excluding hydrogens is 289 g/mol. The molecule has 0 radical (unpaired) electrons. The number of rotatable bonds is 2. The van der Waals surface area contributed by atoms with Gasteiger partial charge in [0.2, 0.25) is 0 Å². The molecule has 1 aromatic heterocycles. The van der Waals surface area contributed by atoms with Crippen molar-refractivity contribution in [2.75, 3.05) is 11.9 Å². The number of anilines is 1. The lowest BCUT2D eigenvalue weighted by atomic mass is 10.2. The topological polar surface area (TPSA) is 49.3 Å². The van der Waals surface area contributed by atoms with Crippen molar-refractivity contribution in [3.05, 3.63) is 51.0 Å². The van der Waals surface area contributed by atoms with E-state index in [-0.39, 0.29) is 18.2 Å². The van der Waals surface area contributed by atoms with Crippen molar-refractivity contribution in [1.82, 2.24) is 0 Å². The van der Waals surface area contributed by atoms with E-state index in [9.17, 15) is 9.18 Å². The Bertz CT molecular complexity index is 740. The molecule has 2 rings (SSSR count). The van der Waals surface area contributed by atoms with Crippen LogP contribution in [0.5, 0.6) is 0 Å². The predicted molar refractivity (Wildman–Crippen MR) is 82.1 cm³/mol. The first kappa shape index (κ1) is 15.2. The van der Waals surface area contributed by atoms with Crippen molar-refractivity contribution in [2.24, 2.45) is 0 Å². The van der Waals surface area contributed by atoms with Gasteiger partial charge in [-0.05, 0) is 43.2 Å². The molecule has 0 unspecified atom stereocenters. The molecule has 2 aromatic rings. The fourth-order valence-electron chi connectivity index (χ4n) is 1.74. The number of hydrogen-bond donors (Lipinski definition) is 2. The van der Waals surface area contributed by atoms with Crippen LogP contribution in [0.1, 0.15) is 25.7 Å². The molecule has 0 fully saturated rings. The molecule has 21 heavy (non-hydrogen) atoms. The van der Waals surface area contributed by atoms with Gasteiger partial charge < -0.3 is 10.4 Å². The minimum absolute atomic E-state index is 0.152. The van der Waals surface area contributed by atoms with Crippen LogP contribution in [-0.4, -0.2) is 17.6 Å². The number of hydrogen-bond acceptors (Lipinski definition) is 3. The SMILES string of the molecule is Cc1ccc(NC(=O)c2cc(C)c(C#CCO)s2)c(F)c1. The summed E-state index contributed by atoms with van der Waals surface area (Å²) in [5, 5.41) is 11.2. The van der Waals surface area contributed by atoms with Gasteiger partial charge in [-0.25, -0.2) is 4.39 Å². The Balaban J connectivity index is 2.21. The van der Waals surface area contributed by atoms with Gasteiger partial charge in [-0.15, -0.1) is 11.3 Å². The molecule has 0 atom stereocenters. The van der Waals surface area contributed by atoms with Gasteiger partial charge in [-0.3, -0.25) is 4.79 Å². The van der Waals surface area contributed by atoms with Gasteiger partial charge in [-0.1, -0.05) is 17.9 Å². The van der Waals surface area contributed by atoms with Gasteiger partial charge in [0.1, 0.15) is 12.4 Å². The van der Waals surface area contributed by atoms with Gasteiger partial charge in [0.05, 0.1) is 15.4 Å². The van der Waals surface area contributed by atoms with Crippen LogP contribution in [0.3, 0.4) is 0 Å². The third kappa shape index (κ3) is 3.69. The highest BCUT2D eigenvalue weighted by molar-refractivity contribution is 7.14. The molecule has 0 aliphatic rings. The first-order chi connectivity index (χ1) is 10.0. The Kier molecular flexibility index (Phi) is 4.73. The Labute approximate surface area is 126 Å². The third-order valence-electron chi connectivity index (χ3n) is 2.80. The van der Waals surface area contributed by atoms with Crippen LogP contribution in [0.25, 0.3) is 0 Å². The summed E-state index contributed by atoms with van der Waals surface area (Å²) in [5.74, 6) is 4.50. The fraction of sp³-hybridized carbons (Fsp3) is 0.188. The van der Waals surface area contributed by atoms with E-state index >= 15 is 0 Å². The summed E-state index contributed by atoms with van der Waals surface area (Å²) in [7, 11) is 0.